The first-order chi connectivity index (χ1) is 6.25. The summed E-state index contributed by atoms with van der Waals surface area (Å²) in [5, 5.41) is 9.52. The van der Waals surface area contributed by atoms with Crippen molar-refractivity contribution < 1.29 is 9.90 Å². The molecule has 0 unspecified atom stereocenters. The van der Waals surface area contributed by atoms with Gasteiger partial charge in [-0.2, -0.15) is 0 Å². The van der Waals surface area contributed by atoms with E-state index in [4.69, 9.17) is 0 Å². The van der Waals surface area contributed by atoms with Gasteiger partial charge in [-0.1, -0.05) is 36.4 Å². The van der Waals surface area contributed by atoms with Gasteiger partial charge < -0.3 is 5.11 Å². The molecule has 0 spiro atoms. The normalized spacial score (nSPS) is 13.1. The molecule has 0 saturated carbocycles. The Morgan fingerprint density at radius 2 is 2.00 bits per heavy atom. The Morgan fingerprint density at radius 3 is 2.54 bits per heavy atom. The van der Waals surface area contributed by atoms with Gasteiger partial charge in [0.05, 0.1) is 0 Å². The molecule has 2 nitrogen and oxygen atoms in total. The summed E-state index contributed by atoms with van der Waals surface area (Å²) in [5.41, 5.74) is 0.630. The van der Waals surface area contributed by atoms with Crippen molar-refractivity contribution in [2.24, 2.45) is 0 Å². The van der Waals surface area contributed by atoms with Crippen LogP contribution in [0.1, 0.15) is 18.6 Å². The van der Waals surface area contributed by atoms with E-state index in [1.54, 1.807) is 37.3 Å². The van der Waals surface area contributed by atoms with E-state index in [2.05, 4.69) is 0 Å². The van der Waals surface area contributed by atoms with E-state index >= 15 is 0 Å². The van der Waals surface area contributed by atoms with Gasteiger partial charge in [-0.3, -0.25) is 4.79 Å². The monoisotopic (exact) mass is 176 g/mol. The van der Waals surface area contributed by atoms with Crippen LogP contribution < -0.4 is 0 Å². The molecule has 0 aliphatic heterocycles. The number of hydrogen-bond donors (Lipinski definition) is 1. The first-order valence-electron chi connectivity index (χ1n) is 4.15. The molecule has 0 radical (unpaired) electrons. The number of hydrogen-bond acceptors (Lipinski definition) is 2. The third kappa shape index (κ3) is 2.53. The van der Waals surface area contributed by atoms with Gasteiger partial charge in [-0.05, 0) is 18.6 Å². The van der Waals surface area contributed by atoms with E-state index in [9.17, 15) is 9.90 Å². The van der Waals surface area contributed by atoms with Crippen molar-refractivity contribution in [1.29, 1.82) is 0 Å². The predicted octanol–water partition coefficient (Wildman–Crippen LogP) is 1.87. The number of ketones is 1. The van der Waals surface area contributed by atoms with E-state index in [-0.39, 0.29) is 5.78 Å². The summed E-state index contributed by atoms with van der Waals surface area (Å²) in [5.74, 6) is -0.284. The number of aliphatic hydroxyl groups is 1. The maximum absolute atomic E-state index is 11.2. The molecular formula is C11H12O2. The second-order valence-corrected chi connectivity index (χ2v) is 2.72. The molecule has 0 bridgehead atoms. The minimum absolute atomic E-state index is 0.284. The van der Waals surface area contributed by atoms with Crippen molar-refractivity contribution in [2.45, 2.75) is 13.0 Å². The van der Waals surface area contributed by atoms with Gasteiger partial charge in [0.15, 0.2) is 5.78 Å². The lowest BCUT2D eigenvalue weighted by molar-refractivity contribution is -0.122. The molecule has 0 fully saturated rings. The highest BCUT2D eigenvalue weighted by atomic mass is 16.3. The van der Waals surface area contributed by atoms with Gasteiger partial charge in [-0.15, -0.1) is 0 Å². The van der Waals surface area contributed by atoms with Crippen LogP contribution in [-0.4, -0.2) is 10.9 Å². The Bertz CT molecular complexity index is 301. The summed E-state index contributed by atoms with van der Waals surface area (Å²) in [6.45, 7) is 1.75. The van der Waals surface area contributed by atoms with E-state index in [1.165, 1.54) is 6.08 Å². The van der Waals surface area contributed by atoms with Gasteiger partial charge in [0, 0.05) is 0 Å². The van der Waals surface area contributed by atoms with Crippen LogP contribution in [0.2, 0.25) is 0 Å². The van der Waals surface area contributed by atoms with Crippen LogP contribution in [0.3, 0.4) is 0 Å². The topological polar surface area (TPSA) is 37.3 Å². The Kier molecular flexibility index (Phi) is 3.41. The number of benzene rings is 1. The molecule has 1 aromatic carbocycles. The van der Waals surface area contributed by atoms with Gasteiger partial charge in [0.2, 0.25) is 0 Å². The SMILES string of the molecule is C/C=C/C(=O)[C@@H](O)c1ccccc1. The molecule has 1 atom stereocenters. The second-order valence-electron chi connectivity index (χ2n) is 2.72. The maximum atomic E-state index is 11.2. The predicted molar refractivity (Wildman–Crippen MR) is 51.2 cm³/mol. The van der Waals surface area contributed by atoms with Crippen molar-refractivity contribution in [2.75, 3.05) is 0 Å². The molecule has 1 N–H and O–H groups in total. The van der Waals surface area contributed by atoms with Crippen LogP contribution in [0.15, 0.2) is 42.5 Å². The molecular weight excluding hydrogens is 164 g/mol. The zero-order valence-corrected chi connectivity index (χ0v) is 7.47. The number of carbonyl (C=O) groups excluding carboxylic acids is 1. The van der Waals surface area contributed by atoms with Crippen LogP contribution in [0.4, 0.5) is 0 Å². The van der Waals surface area contributed by atoms with Crippen molar-refractivity contribution >= 4 is 5.78 Å². The van der Waals surface area contributed by atoms with Gasteiger partial charge >= 0.3 is 0 Å². The minimum Gasteiger partial charge on any atom is -0.380 e. The smallest absolute Gasteiger partial charge is 0.188 e. The Balaban J connectivity index is 2.79. The third-order valence-electron chi connectivity index (χ3n) is 1.72. The highest BCUT2D eigenvalue weighted by Crippen LogP contribution is 2.13. The summed E-state index contributed by atoms with van der Waals surface area (Å²) in [6.07, 6.45) is 1.96. The summed E-state index contributed by atoms with van der Waals surface area (Å²) >= 11 is 0. The molecule has 0 aliphatic rings. The number of carbonyl (C=O) groups is 1. The van der Waals surface area contributed by atoms with Crippen molar-refractivity contribution in [3.05, 3.63) is 48.0 Å². The standard InChI is InChI=1S/C11H12O2/c1-2-6-10(12)11(13)9-7-4-3-5-8-9/h2-8,11,13H,1H3/b6-2+/t11-/m0/s1. The zero-order chi connectivity index (χ0) is 9.68. The Hall–Kier alpha value is -1.41. The third-order valence-corrected chi connectivity index (χ3v) is 1.72. The fourth-order valence-corrected chi connectivity index (χ4v) is 1.06. The van der Waals surface area contributed by atoms with Crippen LogP contribution in [0.5, 0.6) is 0 Å². The Morgan fingerprint density at radius 1 is 1.38 bits per heavy atom. The van der Waals surface area contributed by atoms with Gasteiger partial charge in [0.1, 0.15) is 6.10 Å². The molecule has 0 amide bonds. The maximum Gasteiger partial charge on any atom is 0.188 e. The molecule has 13 heavy (non-hydrogen) atoms. The molecule has 0 heterocycles. The average Bonchev–Trinajstić information content (AvgIpc) is 2.18. The highest BCUT2D eigenvalue weighted by molar-refractivity contribution is 5.93. The van der Waals surface area contributed by atoms with Crippen LogP contribution in [0.25, 0.3) is 0 Å². The number of allylic oxidation sites excluding steroid dienone is 1. The highest BCUT2D eigenvalue weighted by Gasteiger charge is 2.12. The van der Waals surface area contributed by atoms with Crippen molar-refractivity contribution in [1.82, 2.24) is 0 Å². The number of aliphatic hydroxyl groups excluding tert-OH is 1. The average molecular weight is 176 g/mol. The van der Waals surface area contributed by atoms with Crippen molar-refractivity contribution in [3.63, 3.8) is 0 Å². The van der Waals surface area contributed by atoms with E-state index < -0.39 is 6.10 Å². The first-order valence-corrected chi connectivity index (χ1v) is 4.15. The van der Waals surface area contributed by atoms with E-state index in [0.29, 0.717) is 5.56 Å². The van der Waals surface area contributed by atoms with E-state index in [0.717, 1.165) is 0 Å². The second kappa shape index (κ2) is 4.58. The largest absolute Gasteiger partial charge is 0.380 e. The van der Waals surface area contributed by atoms with Gasteiger partial charge in [-0.25, -0.2) is 0 Å². The summed E-state index contributed by atoms with van der Waals surface area (Å²) < 4.78 is 0. The lowest BCUT2D eigenvalue weighted by atomic mass is 10.1. The first kappa shape index (κ1) is 9.68. The van der Waals surface area contributed by atoms with Crippen LogP contribution >= 0.6 is 0 Å². The molecule has 0 aliphatic carbocycles. The minimum atomic E-state index is -1.03. The summed E-state index contributed by atoms with van der Waals surface area (Å²) in [6, 6.07) is 8.89. The molecule has 1 rings (SSSR count). The lowest BCUT2D eigenvalue weighted by Crippen LogP contribution is -2.08. The molecule has 68 valence electrons. The zero-order valence-electron chi connectivity index (χ0n) is 7.47. The fourth-order valence-electron chi connectivity index (χ4n) is 1.06. The van der Waals surface area contributed by atoms with Crippen molar-refractivity contribution in [3.8, 4) is 0 Å². The summed E-state index contributed by atoms with van der Waals surface area (Å²) in [4.78, 5) is 11.2. The molecule has 0 aromatic heterocycles. The van der Waals surface area contributed by atoms with Crippen LogP contribution in [-0.2, 0) is 4.79 Å². The lowest BCUT2D eigenvalue weighted by Gasteiger charge is -2.05. The van der Waals surface area contributed by atoms with Crippen LogP contribution in [0, 0.1) is 0 Å². The molecule has 2 heteroatoms. The quantitative estimate of drug-likeness (QED) is 0.714. The molecule has 1 aromatic rings. The molecule has 0 saturated heterocycles. The fraction of sp³-hybridized carbons (Fsp3) is 0.182. The van der Waals surface area contributed by atoms with Gasteiger partial charge in [0.25, 0.3) is 0 Å². The Labute approximate surface area is 77.5 Å². The van der Waals surface area contributed by atoms with E-state index in [1.807, 2.05) is 6.07 Å². The number of rotatable bonds is 3. The summed E-state index contributed by atoms with van der Waals surface area (Å²) in [7, 11) is 0.